The Hall–Kier alpha value is -2.53. The lowest BCUT2D eigenvalue weighted by Gasteiger charge is -2.26. The van der Waals surface area contributed by atoms with Gasteiger partial charge in [0.1, 0.15) is 16.8 Å². The number of nitrogens with two attached hydrogens (primary N) is 1. The minimum absolute atomic E-state index is 0.0102. The van der Waals surface area contributed by atoms with Crippen molar-refractivity contribution in [3.63, 3.8) is 0 Å². The summed E-state index contributed by atoms with van der Waals surface area (Å²) in [5, 5.41) is 1.84. The van der Waals surface area contributed by atoms with Gasteiger partial charge in [-0.3, -0.25) is 14.9 Å². The van der Waals surface area contributed by atoms with Crippen molar-refractivity contribution < 1.29 is 31.9 Å². The first-order valence-electron chi connectivity index (χ1n) is 8.63. The fourth-order valence-corrected chi connectivity index (χ4v) is 4.65. The summed E-state index contributed by atoms with van der Waals surface area (Å²) in [6, 6.07) is 2.56. The Labute approximate surface area is 162 Å². The summed E-state index contributed by atoms with van der Waals surface area (Å²) < 4.78 is 45.7. The normalized spacial score (nSPS) is 18.6. The van der Waals surface area contributed by atoms with Gasteiger partial charge >= 0.3 is 12.0 Å². The van der Waals surface area contributed by atoms with Crippen LogP contribution in [-0.2, 0) is 24.3 Å². The number of amides is 3. The van der Waals surface area contributed by atoms with Crippen LogP contribution in [0.15, 0.2) is 29.2 Å². The average molecular weight is 415 g/mol. The van der Waals surface area contributed by atoms with Crippen molar-refractivity contribution in [1.29, 1.82) is 0 Å². The van der Waals surface area contributed by atoms with E-state index < -0.39 is 56.7 Å². The maximum atomic E-state index is 14.0. The molecular weight excluding hydrogens is 393 g/mol. The Morgan fingerprint density at radius 1 is 1.29 bits per heavy atom. The van der Waals surface area contributed by atoms with E-state index >= 15 is 0 Å². The number of nitrogens with one attached hydrogen (secondary N) is 1. The van der Waals surface area contributed by atoms with Gasteiger partial charge in [0.2, 0.25) is 10.0 Å². The van der Waals surface area contributed by atoms with Crippen LogP contribution in [0, 0.1) is 11.7 Å². The van der Waals surface area contributed by atoms with Crippen LogP contribution in [0.25, 0.3) is 0 Å². The number of urea groups is 1. The molecule has 1 aliphatic heterocycles. The zero-order chi connectivity index (χ0) is 21.1. The van der Waals surface area contributed by atoms with Gasteiger partial charge in [-0.05, 0) is 30.9 Å². The molecule has 2 rings (SSSR count). The molecule has 0 saturated carbocycles. The number of hydrogen-bond acceptors (Lipinski definition) is 6. The largest absolute Gasteiger partial charge is 0.451 e. The molecule has 3 N–H and O–H groups in total. The number of carbonyl (C=O) groups excluding carboxylic acids is 3. The van der Waals surface area contributed by atoms with E-state index in [-0.39, 0.29) is 13.0 Å². The Kier molecular flexibility index (Phi) is 6.73. The Morgan fingerprint density at radius 2 is 1.93 bits per heavy atom. The summed E-state index contributed by atoms with van der Waals surface area (Å²) >= 11 is 0. The third kappa shape index (κ3) is 4.65. The first kappa shape index (κ1) is 21.8. The van der Waals surface area contributed by atoms with E-state index in [0.29, 0.717) is 6.42 Å². The minimum Gasteiger partial charge on any atom is -0.451 e. The van der Waals surface area contributed by atoms with Crippen LogP contribution in [0.1, 0.15) is 26.7 Å². The number of sulfonamides is 1. The summed E-state index contributed by atoms with van der Waals surface area (Å²) in [6.45, 7) is 3.18. The van der Waals surface area contributed by atoms with Crippen LogP contribution in [0.5, 0.6) is 0 Å². The molecule has 0 bridgehead atoms. The summed E-state index contributed by atoms with van der Waals surface area (Å²) in [7, 11) is -4.28. The molecule has 0 radical (unpaired) electrons. The molecule has 28 heavy (non-hydrogen) atoms. The van der Waals surface area contributed by atoms with E-state index in [1.165, 1.54) is 12.1 Å². The van der Waals surface area contributed by atoms with Crippen molar-refractivity contribution in [2.45, 2.75) is 43.7 Å². The van der Waals surface area contributed by atoms with Crippen molar-refractivity contribution >= 4 is 27.9 Å². The molecule has 1 saturated heterocycles. The lowest BCUT2D eigenvalue weighted by Crippen LogP contribution is -2.48. The summed E-state index contributed by atoms with van der Waals surface area (Å²) in [6.07, 6.45) is -0.805. The lowest BCUT2D eigenvalue weighted by atomic mass is 10.1. The molecule has 0 unspecified atom stereocenters. The Balaban J connectivity index is 2.23. The lowest BCUT2D eigenvalue weighted by molar-refractivity contribution is -0.161. The summed E-state index contributed by atoms with van der Waals surface area (Å²) in [5.74, 6) is -3.28. The first-order valence-corrected chi connectivity index (χ1v) is 10.1. The Morgan fingerprint density at radius 3 is 2.50 bits per heavy atom. The molecule has 1 heterocycles. The van der Waals surface area contributed by atoms with E-state index in [9.17, 15) is 27.2 Å². The second-order valence-corrected chi connectivity index (χ2v) is 8.52. The number of carbonyl (C=O) groups is 3. The number of esters is 1. The van der Waals surface area contributed by atoms with E-state index in [1.54, 1.807) is 13.8 Å². The summed E-state index contributed by atoms with van der Waals surface area (Å²) in [4.78, 5) is 35.0. The number of nitrogens with zero attached hydrogens (tertiary/aromatic N) is 1. The second kappa shape index (κ2) is 8.65. The smallest absolute Gasteiger partial charge is 0.325 e. The van der Waals surface area contributed by atoms with Gasteiger partial charge in [0, 0.05) is 6.54 Å². The highest BCUT2D eigenvalue weighted by atomic mass is 32.2. The van der Waals surface area contributed by atoms with E-state index in [4.69, 9.17) is 10.5 Å². The molecule has 1 aliphatic rings. The number of ether oxygens (including phenoxy) is 1. The van der Waals surface area contributed by atoms with E-state index in [2.05, 4.69) is 0 Å². The topological polar surface area (TPSA) is 136 Å². The molecule has 2 atom stereocenters. The maximum absolute atomic E-state index is 14.0. The van der Waals surface area contributed by atoms with Crippen molar-refractivity contribution in [3.8, 4) is 0 Å². The van der Waals surface area contributed by atoms with Crippen LogP contribution < -0.4 is 11.1 Å². The van der Waals surface area contributed by atoms with Crippen LogP contribution in [0.4, 0.5) is 9.18 Å². The summed E-state index contributed by atoms with van der Waals surface area (Å²) in [5.41, 5.74) is 4.91. The van der Waals surface area contributed by atoms with Crippen LogP contribution in [0.3, 0.4) is 0 Å². The molecule has 1 aromatic rings. The fraction of sp³-hybridized carbons (Fsp3) is 0.471. The van der Waals surface area contributed by atoms with Gasteiger partial charge < -0.3 is 10.5 Å². The monoisotopic (exact) mass is 415 g/mol. The molecule has 0 aromatic heterocycles. The molecule has 1 aromatic carbocycles. The molecular formula is C17H22FN3O6S. The molecule has 0 spiro atoms. The van der Waals surface area contributed by atoms with E-state index in [1.807, 2.05) is 5.32 Å². The van der Waals surface area contributed by atoms with Gasteiger partial charge in [0.25, 0.3) is 5.91 Å². The number of imide groups is 1. The van der Waals surface area contributed by atoms with Crippen LogP contribution >= 0.6 is 0 Å². The highest BCUT2D eigenvalue weighted by Crippen LogP contribution is 2.28. The van der Waals surface area contributed by atoms with Crippen molar-refractivity contribution in [2.24, 2.45) is 11.7 Å². The maximum Gasteiger partial charge on any atom is 0.325 e. The standard InChI is InChI=1S/C17H22FN3O6S/c1-10(2)14(15(22)20-17(19)24)27-16(23)12-7-5-9-21(12)28(25,26)13-8-4-3-6-11(13)18/h3-4,6,8,10,12,14H,5,7,9H2,1-2H3,(H3,19,20,22,24)/t12-,14-/m0/s1. The predicted octanol–water partition coefficient (Wildman–Crippen LogP) is 0.742. The third-order valence-electron chi connectivity index (χ3n) is 4.25. The van der Waals surface area contributed by atoms with Crippen molar-refractivity contribution in [1.82, 2.24) is 9.62 Å². The number of hydrogen-bond donors (Lipinski definition) is 2. The van der Waals surface area contributed by atoms with Gasteiger partial charge in [-0.1, -0.05) is 26.0 Å². The zero-order valence-electron chi connectivity index (χ0n) is 15.4. The van der Waals surface area contributed by atoms with E-state index in [0.717, 1.165) is 16.4 Å². The van der Waals surface area contributed by atoms with Crippen molar-refractivity contribution in [3.05, 3.63) is 30.1 Å². The third-order valence-corrected chi connectivity index (χ3v) is 6.19. The number of benzene rings is 1. The molecule has 9 nitrogen and oxygen atoms in total. The van der Waals surface area contributed by atoms with Gasteiger partial charge in [-0.2, -0.15) is 4.31 Å². The van der Waals surface area contributed by atoms with Gasteiger partial charge in [0.05, 0.1) is 0 Å². The molecule has 3 amide bonds. The minimum atomic E-state index is -4.28. The number of primary amides is 1. The first-order chi connectivity index (χ1) is 13.1. The highest BCUT2D eigenvalue weighted by Gasteiger charge is 2.43. The molecule has 0 aliphatic carbocycles. The van der Waals surface area contributed by atoms with Gasteiger partial charge in [-0.25, -0.2) is 17.6 Å². The van der Waals surface area contributed by atoms with Gasteiger partial charge in [0.15, 0.2) is 6.10 Å². The van der Waals surface area contributed by atoms with Crippen LogP contribution in [0.2, 0.25) is 0 Å². The average Bonchev–Trinajstić information content (AvgIpc) is 3.09. The fourth-order valence-electron chi connectivity index (χ4n) is 2.93. The number of halogens is 1. The second-order valence-electron chi connectivity index (χ2n) is 6.66. The molecule has 11 heteroatoms. The Bertz CT molecular complexity index is 873. The number of rotatable bonds is 6. The highest BCUT2D eigenvalue weighted by molar-refractivity contribution is 7.89. The zero-order valence-corrected chi connectivity index (χ0v) is 16.2. The predicted molar refractivity (Wildman–Crippen MR) is 95.8 cm³/mol. The SMILES string of the molecule is CC(C)[C@H](OC(=O)[C@@H]1CCCN1S(=O)(=O)c1ccccc1F)C(=O)NC(N)=O. The molecule has 1 fully saturated rings. The quantitative estimate of drug-likeness (QED) is 0.658. The van der Waals surface area contributed by atoms with Crippen LogP contribution in [-0.4, -0.2) is 49.3 Å². The van der Waals surface area contributed by atoms with Gasteiger partial charge in [-0.15, -0.1) is 0 Å². The molecule has 154 valence electrons. The van der Waals surface area contributed by atoms with Crippen molar-refractivity contribution in [2.75, 3.05) is 6.54 Å².